The molecule has 1 saturated carbocycles. The minimum absolute atomic E-state index is 0.317. The van der Waals surface area contributed by atoms with Gasteiger partial charge in [-0.2, -0.15) is 0 Å². The molecule has 96 valence electrons. The zero-order valence-corrected chi connectivity index (χ0v) is 10.7. The van der Waals surface area contributed by atoms with Crippen molar-refractivity contribution >= 4 is 11.6 Å². The normalized spacial score (nSPS) is 27.2. The summed E-state index contributed by atoms with van der Waals surface area (Å²) >= 11 is 0. The summed E-state index contributed by atoms with van der Waals surface area (Å²) < 4.78 is 0. The Kier molecular flexibility index (Phi) is 2.94. The number of aromatic nitrogens is 1. The Morgan fingerprint density at radius 2 is 1.83 bits per heavy atom. The van der Waals surface area contributed by atoms with E-state index in [1.54, 1.807) is 0 Å². The first-order chi connectivity index (χ1) is 8.75. The molecule has 2 atom stereocenters. The van der Waals surface area contributed by atoms with Gasteiger partial charge >= 0.3 is 0 Å². The molecule has 2 fully saturated rings. The molecular weight excluding hydrogens is 226 g/mol. The molecule has 3 rings (SSSR count). The summed E-state index contributed by atoms with van der Waals surface area (Å²) in [5.41, 5.74) is 1.21. The highest BCUT2D eigenvalue weighted by molar-refractivity contribution is 5.81. The quantitative estimate of drug-likeness (QED) is 0.790. The SMILES string of the molecule is CC1CC1C(=O)N1CCN(c2ccncc2)CC1. The van der Waals surface area contributed by atoms with Crippen LogP contribution in [0.5, 0.6) is 0 Å². The van der Waals surface area contributed by atoms with Crippen LogP contribution in [0.2, 0.25) is 0 Å². The predicted octanol–water partition coefficient (Wildman–Crippen LogP) is 1.39. The van der Waals surface area contributed by atoms with E-state index in [9.17, 15) is 4.79 Å². The summed E-state index contributed by atoms with van der Waals surface area (Å²) in [6.45, 7) is 5.72. The lowest BCUT2D eigenvalue weighted by atomic mass is 10.2. The number of piperazine rings is 1. The van der Waals surface area contributed by atoms with Crippen LogP contribution >= 0.6 is 0 Å². The van der Waals surface area contributed by atoms with Gasteiger partial charge < -0.3 is 9.80 Å². The third-order valence-electron chi connectivity index (χ3n) is 4.05. The number of carbonyl (C=O) groups excluding carboxylic acids is 1. The van der Waals surface area contributed by atoms with E-state index in [1.165, 1.54) is 5.69 Å². The highest BCUT2D eigenvalue weighted by atomic mass is 16.2. The highest BCUT2D eigenvalue weighted by Crippen LogP contribution is 2.39. The first kappa shape index (κ1) is 11.5. The maximum absolute atomic E-state index is 12.1. The Labute approximate surface area is 108 Å². The topological polar surface area (TPSA) is 36.4 Å². The lowest BCUT2D eigenvalue weighted by Gasteiger charge is -2.36. The van der Waals surface area contributed by atoms with Crippen LogP contribution in [0.3, 0.4) is 0 Å². The van der Waals surface area contributed by atoms with E-state index in [0.29, 0.717) is 17.7 Å². The minimum Gasteiger partial charge on any atom is -0.368 e. The third kappa shape index (κ3) is 2.19. The van der Waals surface area contributed by atoms with Crippen molar-refractivity contribution < 1.29 is 4.79 Å². The molecule has 2 unspecified atom stereocenters. The van der Waals surface area contributed by atoms with Gasteiger partial charge in [0, 0.05) is 50.2 Å². The van der Waals surface area contributed by atoms with Crippen molar-refractivity contribution in [2.75, 3.05) is 31.1 Å². The summed E-state index contributed by atoms with van der Waals surface area (Å²) in [6.07, 6.45) is 4.72. The zero-order valence-electron chi connectivity index (χ0n) is 10.7. The van der Waals surface area contributed by atoms with Crippen LogP contribution in [0.25, 0.3) is 0 Å². The van der Waals surface area contributed by atoms with E-state index < -0.39 is 0 Å². The molecule has 0 radical (unpaired) electrons. The predicted molar refractivity (Wildman–Crippen MR) is 70.3 cm³/mol. The maximum Gasteiger partial charge on any atom is 0.226 e. The Hall–Kier alpha value is -1.58. The third-order valence-corrected chi connectivity index (χ3v) is 4.05. The summed E-state index contributed by atoms with van der Waals surface area (Å²) in [5, 5.41) is 0. The fraction of sp³-hybridized carbons (Fsp3) is 0.571. The van der Waals surface area contributed by atoms with Crippen LogP contribution in [0.1, 0.15) is 13.3 Å². The molecule has 4 heteroatoms. The van der Waals surface area contributed by atoms with Gasteiger partial charge in [0.25, 0.3) is 0 Å². The van der Waals surface area contributed by atoms with Crippen LogP contribution in [0.15, 0.2) is 24.5 Å². The Morgan fingerprint density at radius 3 is 2.39 bits per heavy atom. The minimum atomic E-state index is 0.317. The largest absolute Gasteiger partial charge is 0.368 e. The smallest absolute Gasteiger partial charge is 0.226 e. The number of pyridine rings is 1. The molecule has 4 nitrogen and oxygen atoms in total. The van der Waals surface area contributed by atoms with Crippen molar-refractivity contribution in [2.45, 2.75) is 13.3 Å². The molecular formula is C14H19N3O. The van der Waals surface area contributed by atoms with E-state index in [1.807, 2.05) is 29.4 Å². The molecule has 1 amide bonds. The molecule has 0 bridgehead atoms. The number of nitrogens with zero attached hydrogens (tertiary/aromatic N) is 3. The van der Waals surface area contributed by atoms with Crippen molar-refractivity contribution in [1.29, 1.82) is 0 Å². The molecule has 2 aliphatic rings. The number of carbonyl (C=O) groups is 1. The number of hydrogen-bond donors (Lipinski definition) is 0. The molecule has 1 aliphatic carbocycles. The molecule has 2 heterocycles. The Bertz CT molecular complexity index is 426. The second-order valence-electron chi connectivity index (χ2n) is 5.34. The van der Waals surface area contributed by atoms with Crippen LogP contribution in [0.4, 0.5) is 5.69 Å². The van der Waals surface area contributed by atoms with Gasteiger partial charge in [-0.25, -0.2) is 0 Å². The van der Waals surface area contributed by atoms with Gasteiger partial charge in [-0.1, -0.05) is 6.92 Å². The average molecular weight is 245 g/mol. The van der Waals surface area contributed by atoms with Crippen LogP contribution in [-0.2, 0) is 4.79 Å². The summed E-state index contributed by atoms with van der Waals surface area (Å²) in [7, 11) is 0. The number of amides is 1. The average Bonchev–Trinajstić information content (AvgIpc) is 3.16. The van der Waals surface area contributed by atoms with Gasteiger partial charge in [0.05, 0.1) is 0 Å². The highest BCUT2D eigenvalue weighted by Gasteiger charge is 2.41. The van der Waals surface area contributed by atoms with Gasteiger partial charge in [0.1, 0.15) is 0 Å². The number of hydrogen-bond acceptors (Lipinski definition) is 3. The second-order valence-corrected chi connectivity index (χ2v) is 5.34. The monoisotopic (exact) mass is 245 g/mol. The molecule has 18 heavy (non-hydrogen) atoms. The fourth-order valence-electron chi connectivity index (χ4n) is 2.64. The van der Waals surface area contributed by atoms with E-state index in [0.717, 1.165) is 32.6 Å². The van der Waals surface area contributed by atoms with E-state index in [-0.39, 0.29) is 0 Å². The molecule has 0 aromatic carbocycles. The van der Waals surface area contributed by atoms with Gasteiger partial charge in [-0.3, -0.25) is 9.78 Å². The number of rotatable bonds is 2. The van der Waals surface area contributed by atoms with Crippen LogP contribution < -0.4 is 4.90 Å². The summed E-state index contributed by atoms with van der Waals surface area (Å²) in [6, 6.07) is 4.06. The Morgan fingerprint density at radius 1 is 1.22 bits per heavy atom. The molecule has 1 saturated heterocycles. The van der Waals surface area contributed by atoms with E-state index in [2.05, 4.69) is 16.8 Å². The lowest BCUT2D eigenvalue weighted by molar-refractivity contribution is -0.133. The fourth-order valence-corrected chi connectivity index (χ4v) is 2.64. The van der Waals surface area contributed by atoms with Gasteiger partial charge in [0.2, 0.25) is 5.91 Å². The molecule has 1 aliphatic heterocycles. The molecule has 0 N–H and O–H groups in total. The number of anilines is 1. The summed E-state index contributed by atoms with van der Waals surface area (Å²) in [5.74, 6) is 1.30. The van der Waals surface area contributed by atoms with E-state index >= 15 is 0 Å². The zero-order chi connectivity index (χ0) is 12.5. The van der Waals surface area contributed by atoms with Gasteiger partial charge in [0.15, 0.2) is 0 Å². The van der Waals surface area contributed by atoms with Gasteiger partial charge in [-0.15, -0.1) is 0 Å². The van der Waals surface area contributed by atoms with Crippen molar-refractivity contribution in [3.63, 3.8) is 0 Å². The van der Waals surface area contributed by atoms with Crippen LogP contribution in [-0.4, -0.2) is 42.0 Å². The Balaban J connectivity index is 1.57. The molecule has 1 aromatic rings. The van der Waals surface area contributed by atoms with Crippen molar-refractivity contribution in [3.8, 4) is 0 Å². The lowest BCUT2D eigenvalue weighted by Crippen LogP contribution is -2.49. The van der Waals surface area contributed by atoms with Gasteiger partial charge in [-0.05, 0) is 24.5 Å². The van der Waals surface area contributed by atoms with Crippen molar-refractivity contribution in [2.24, 2.45) is 11.8 Å². The first-order valence-corrected chi connectivity index (χ1v) is 6.69. The van der Waals surface area contributed by atoms with Crippen molar-refractivity contribution in [1.82, 2.24) is 9.88 Å². The second kappa shape index (κ2) is 4.59. The maximum atomic E-state index is 12.1. The molecule has 1 aromatic heterocycles. The van der Waals surface area contributed by atoms with E-state index in [4.69, 9.17) is 0 Å². The van der Waals surface area contributed by atoms with Crippen LogP contribution in [0, 0.1) is 11.8 Å². The summed E-state index contributed by atoms with van der Waals surface area (Å²) in [4.78, 5) is 20.5. The molecule has 0 spiro atoms. The standard InChI is InChI=1S/C14H19N3O/c1-11-10-13(11)14(18)17-8-6-16(7-9-17)12-2-4-15-5-3-12/h2-5,11,13H,6-10H2,1H3. The first-order valence-electron chi connectivity index (χ1n) is 6.69. The van der Waals surface area contributed by atoms with Crippen molar-refractivity contribution in [3.05, 3.63) is 24.5 Å².